The van der Waals surface area contributed by atoms with E-state index in [1.807, 2.05) is 26.2 Å². The average molecular weight is 302 g/mol. The van der Waals surface area contributed by atoms with Gasteiger partial charge in [-0.25, -0.2) is 0 Å². The number of rotatable bonds is 3. The third-order valence-corrected chi connectivity index (χ3v) is 4.54. The van der Waals surface area contributed by atoms with Crippen LogP contribution in [0.3, 0.4) is 0 Å². The normalized spacial score (nSPS) is 19.8. The molecule has 0 unspecified atom stereocenters. The maximum Gasteiger partial charge on any atom is 0.494 e. The summed E-state index contributed by atoms with van der Waals surface area (Å²) in [5, 5.41) is 5.49. The van der Waals surface area contributed by atoms with Crippen LogP contribution in [0.4, 0.5) is 0 Å². The number of hydrogen-bond donors (Lipinski definition) is 0. The first-order chi connectivity index (χ1) is 10.2. The molecule has 3 rings (SSSR count). The summed E-state index contributed by atoms with van der Waals surface area (Å²) in [4.78, 5) is 0. The van der Waals surface area contributed by atoms with Crippen LogP contribution >= 0.6 is 0 Å². The van der Waals surface area contributed by atoms with Crippen LogP contribution in [0.15, 0.2) is 18.3 Å². The second-order valence-corrected chi connectivity index (χ2v) is 6.78. The molecule has 118 valence electrons. The predicted octanol–water partition coefficient (Wildman–Crippen LogP) is 2.27. The van der Waals surface area contributed by atoms with Crippen molar-refractivity contribution in [2.24, 2.45) is 7.05 Å². The van der Waals surface area contributed by atoms with Crippen LogP contribution in [0.1, 0.15) is 34.6 Å². The molecule has 22 heavy (non-hydrogen) atoms. The molecule has 1 aliphatic rings. The van der Waals surface area contributed by atoms with Gasteiger partial charge in [-0.05, 0) is 46.1 Å². The molecule has 0 N–H and O–H groups in total. The lowest BCUT2D eigenvalue weighted by Crippen LogP contribution is -2.41. The molecule has 0 spiro atoms. The van der Waals surface area contributed by atoms with Gasteiger partial charge in [-0.2, -0.15) is 5.10 Å². The number of benzene rings is 1. The first-order valence-corrected chi connectivity index (χ1v) is 7.69. The van der Waals surface area contributed by atoms with Crippen molar-refractivity contribution in [1.29, 1.82) is 0 Å². The average Bonchev–Trinajstić information content (AvgIpc) is 2.87. The third-order valence-electron chi connectivity index (χ3n) is 4.54. The Hall–Kier alpha value is -1.53. The summed E-state index contributed by atoms with van der Waals surface area (Å²) >= 11 is 0. The Morgan fingerprint density at radius 2 is 1.82 bits per heavy atom. The van der Waals surface area contributed by atoms with E-state index in [4.69, 9.17) is 14.0 Å². The molecule has 0 bridgehead atoms. The minimum Gasteiger partial charge on any atom is -0.492 e. The number of ether oxygens (including phenoxy) is 1. The van der Waals surface area contributed by atoms with Gasteiger partial charge >= 0.3 is 7.12 Å². The number of nitrogens with zero attached hydrogens (tertiary/aromatic N) is 2. The van der Waals surface area contributed by atoms with Crippen molar-refractivity contribution in [3.63, 3.8) is 0 Å². The van der Waals surface area contributed by atoms with Crippen LogP contribution < -0.4 is 10.2 Å². The van der Waals surface area contributed by atoms with E-state index in [0.717, 1.165) is 22.1 Å². The molecule has 6 heteroatoms. The fraction of sp³-hybridized carbons (Fsp3) is 0.562. The molecular weight excluding hydrogens is 279 g/mol. The molecule has 0 saturated carbocycles. The number of fused-ring (bicyclic) bond motifs is 1. The Kier molecular flexibility index (Phi) is 3.49. The lowest BCUT2D eigenvalue weighted by atomic mass is 9.78. The molecule has 1 aromatic carbocycles. The molecule has 1 aromatic heterocycles. The molecule has 1 aliphatic heterocycles. The first kappa shape index (κ1) is 15.4. The van der Waals surface area contributed by atoms with Crippen LogP contribution in [0, 0.1) is 0 Å². The summed E-state index contributed by atoms with van der Waals surface area (Å²) in [6.07, 6.45) is 1.98. The van der Waals surface area contributed by atoms with Gasteiger partial charge in [-0.15, -0.1) is 0 Å². The summed E-state index contributed by atoms with van der Waals surface area (Å²) in [7, 11) is 1.51. The molecular formula is C16H23BN2O3. The number of hydrogen-bond acceptors (Lipinski definition) is 4. The van der Waals surface area contributed by atoms with Crippen LogP contribution in [-0.4, -0.2) is 34.7 Å². The molecule has 0 amide bonds. The quantitative estimate of drug-likeness (QED) is 0.816. The third kappa shape index (κ3) is 2.40. The largest absolute Gasteiger partial charge is 0.494 e. The molecule has 2 aromatic rings. The van der Waals surface area contributed by atoms with Gasteiger partial charge in [0.1, 0.15) is 11.3 Å². The van der Waals surface area contributed by atoms with Crippen molar-refractivity contribution >= 4 is 23.5 Å². The predicted molar refractivity (Wildman–Crippen MR) is 87.6 cm³/mol. The van der Waals surface area contributed by atoms with Crippen LogP contribution in [0.5, 0.6) is 5.75 Å². The van der Waals surface area contributed by atoms with Gasteiger partial charge in [0.25, 0.3) is 0 Å². The molecule has 0 atom stereocenters. The Morgan fingerprint density at radius 3 is 2.41 bits per heavy atom. The van der Waals surface area contributed by atoms with Gasteiger partial charge < -0.3 is 14.0 Å². The van der Waals surface area contributed by atoms with Crippen LogP contribution in [0.25, 0.3) is 10.9 Å². The van der Waals surface area contributed by atoms with E-state index in [2.05, 4.69) is 38.9 Å². The van der Waals surface area contributed by atoms with E-state index >= 15 is 0 Å². The van der Waals surface area contributed by atoms with Crippen molar-refractivity contribution < 1.29 is 14.0 Å². The lowest BCUT2D eigenvalue weighted by molar-refractivity contribution is 0.00578. The summed E-state index contributed by atoms with van der Waals surface area (Å²) in [6, 6.07) is 4.04. The standard InChI is InChI=1S/C16H23BN2O3/c1-7-20-13-9-12(8-11-10-19(6)18-14(11)13)17-21-15(2,3)16(4,5)22-17/h8-10H,7H2,1-6H3. The van der Waals surface area contributed by atoms with Gasteiger partial charge in [0.2, 0.25) is 0 Å². The first-order valence-electron chi connectivity index (χ1n) is 7.69. The highest BCUT2D eigenvalue weighted by Gasteiger charge is 2.51. The van der Waals surface area contributed by atoms with Gasteiger partial charge in [0, 0.05) is 18.6 Å². The lowest BCUT2D eigenvalue weighted by Gasteiger charge is -2.32. The second kappa shape index (κ2) is 5.00. The molecule has 5 nitrogen and oxygen atoms in total. The maximum absolute atomic E-state index is 6.13. The van der Waals surface area contributed by atoms with Crippen molar-refractivity contribution in [3.05, 3.63) is 18.3 Å². The van der Waals surface area contributed by atoms with Crippen molar-refractivity contribution in [2.45, 2.75) is 45.8 Å². The topological polar surface area (TPSA) is 45.5 Å². The molecule has 1 fully saturated rings. The zero-order valence-electron chi connectivity index (χ0n) is 14.1. The Labute approximate surface area is 131 Å². The smallest absolute Gasteiger partial charge is 0.492 e. The Morgan fingerprint density at radius 1 is 1.18 bits per heavy atom. The molecule has 1 saturated heterocycles. The zero-order chi connectivity index (χ0) is 16.1. The summed E-state index contributed by atoms with van der Waals surface area (Å²) in [5.74, 6) is 0.769. The maximum atomic E-state index is 6.13. The fourth-order valence-electron chi connectivity index (χ4n) is 2.63. The van der Waals surface area contributed by atoms with Crippen LogP contribution in [0.2, 0.25) is 0 Å². The number of aryl methyl sites for hydroxylation is 1. The van der Waals surface area contributed by atoms with Crippen molar-refractivity contribution in [1.82, 2.24) is 9.78 Å². The minimum atomic E-state index is -0.395. The molecule has 2 heterocycles. The van der Waals surface area contributed by atoms with Crippen molar-refractivity contribution in [3.8, 4) is 5.75 Å². The number of aromatic nitrogens is 2. The van der Waals surface area contributed by atoms with E-state index in [0.29, 0.717) is 6.61 Å². The fourth-order valence-corrected chi connectivity index (χ4v) is 2.63. The van der Waals surface area contributed by atoms with Gasteiger partial charge in [-0.3, -0.25) is 4.68 Å². The summed E-state index contributed by atoms with van der Waals surface area (Å²) in [6.45, 7) is 10.8. The van der Waals surface area contributed by atoms with E-state index in [1.54, 1.807) is 4.68 Å². The zero-order valence-corrected chi connectivity index (χ0v) is 14.1. The van der Waals surface area contributed by atoms with E-state index in [-0.39, 0.29) is 11.2 Å². The Balaban J connectivity index is 2.05. The second-order valence-electron chi connectivity index (χ2n) is 6.78. The van der Waals surface area contributed by atoms with E-state index < -0.39 is 7.12 Å². The van der Waals surface area contributed by atoms with Crippen LogP contribution in [-0.2, 0) is 16.4 Å². The molecule has 0 radical (unpaired) electrons. The summed E-state index contributed by atoms with van der Waals surface area (Å²) in [5.41, 5.74) is 1.12. The van der Waals surface area contributed by atoms with E-state index in [9.17, 15) is 0 Å². The SMILES string of the molecule is CCOc1cc(B2OC(C)(C)C(C)(C)O2)cc2cn(C)nc12. The minimum absolute atomic E-state index is 0.354. The van der Waals surface area contributed by atoms with Gasteiger partial charge in [-0.1, -0.05) is 6.07 Å². The summed E-state index contributed by atoms with van der Waals surface area (Å²) < 4.78 is 19.8. The Bertz CT molecular complexity index is 693. The highest BCUT2D eigenvalue weighted by atomic mass is 16.7. The van der Waals surface area contributed by atoms with E-state index in [1.165, 1.54) is 0 Å². The highest BCUT2D eigenvalue weighted by Crippen LogP contribution is 2.37. The van der Waals surface area contributed by atoms with Crippen molar-refractivity contribution in [2.75, 3.05) is 6.61 Å². The highest BCUT2D eigenvalue weighted by molar-refractivity contribution is 6.62. The molecule has 0 aliphatic carbocycles. The van der Waals surface area contributed by atoms with Gasteiger partial charge in [0.05, 0.1) is 17.8 Å². The van der Waals surface area contributed by atoms with Gasteiger partial charge in [0.15, 0.2) is 0 Å². The monoisotopic (exact) mass is 302 g/mol.